The van der Waals surface area contributed by atoms with Crippen LogP contribution in [-0.2, 0) is 16.2 Å². The predicted octanol–water partition coefficient (Wildman–Crippen LogP) is 5.32. The van der Waals surface area contributed by atoms with Gasteiger partial charge in [-0.05, 0) is 43.2 Å². The van der Waals surface area contributed by atoms with Gasteiger partial charge in [-0.15, -0.1) is 0 Å². The number of hydrogen-bond acceptors (Lipinski definition) is 5. The SMILES string of the molecule is CCOc1cc(C=C2C(=O)ON=C2c2ccccc2)ccc1OCc1cccc(C)c1. The van der Waals surface area contributed by atoms with Crippen molar-refractivity contribution < 1.29 is 19.1 Å². The molecule has 1 heterocycles. The highest BCUT2D eigenvalue weighted by Crippen LogP contribution is 2.31. The lowest BCUT2D eigenvalue weighted by Crippen LogP contribution is -2.06. The van der Waals surface area contributed by atoms with Crippen molar-refractivity contribution in [1.29, 1.82) is 0 Å². The Morgan fingerprint density at radius 1 is 0.935 bits per heavy atom. The van der Waals surface area contributed by atoms with Gasteiger partial charge in [0.05, 0.1) is 12.2 Å². The second kappa shape index (κ2) is 9.30. The standard InChI is InChI=1S/C26H23NO4/c1-3-29-24-16-19(12-13-23(24)30-17-20-9-7-8-18(2)14-20)15-22-25(27-31-26(22)28)21-10-5-4-6-11-21/h4-16H,3,17H2,1-2H3. The molecule has 0 saturated heterocycles. The number of hydrogen-bond donors (Lipinski definition) is 0. The molecular formula is C26H23NO4. The monoisotopic (exact) mass is 413 g/mol. The normalized spacial score (nSPS) is 14.3. The molecule has 1 aliphatic heterocycles. The summed E-state index contributed by atoms with van der Waals surface area (Å²) in [5, 5.41) is 3.95. The Hall–Kier alpha value is -3.86. The van der Waals surface area contributed by atoms with Crippen LogP contribution in [0.4, 0.5) is 0 Å². The number of nitrogens with zero attached hydrogens (tertiary/aromatic N) is 1. The molecule has 0 atom stereocenters. The largest absolute Gasteiger partial charge is 0.490 e. The molecule has 0 radical (unpaired) electrons. The fraction of sp³-hybridized carbons (Fsp3) is 0.154. The van der Waals surface area contributed by atoms with E-state index in [4.69, 9.17) is 14.3 Å². The van der Waals surface area contributed by atoms with Gasteiger partial charge in [-0.25, -0.2) is 4.79 Å². The van der Waals surface area contributed by atoms with Crippen LogP contribution in [-0.4, -0.2) is 18.3 Å². The average Bonchev–Trinajstić information content (AvgIpc) is 3.14. The van der Waals surface area contributed by atoms with E-state index in [1.165, 1.54) is 5.56 Å². The molecule has 0 N–H and O–H groups in total. The predicted molar refractivity (Wildman–Crippen MR) is 120 cm³/mol. The quantitative estimate of drug-likeness (QED) is 0.389. The van der Waals surface area contributed by atoms with Crippen molar-refractivity contribution in [1.82, 2.24) is 0 Å². The minimum atomic E-state index is -0.475. The van der Waals surface area contributed by atoms with E-state index in [2.05, 4.69) is 24.2 Å². The second-order valence-corrected chi connectivity index (χ2v) is 7.16. The summed E-state index contributed by atoms with van der Waals surface area (Å²) in [6.45, 7) is 4.92. The molecule has 0 spiro atoms. The van der Waals surface area contributed by atoms with Crippen molar-refractivity contribution in [3.8, 4) is 11.5 Å². The summed E-state index contributed by atoms with van der Waals surface area (Å²) in [6.07, 6.45) is 1.76. The topological polar surface area (TPSA) is 57.1 Å². The van der Waals surface area contributed by atoms with Gasteiger partial charge in [0.2, 0.25) is 0 Å². The Morgan fingerprint density at radius 2 is 1.77 bits per heavy atom. The van der Waals surface area contributed by atoms with Crippen LogP contribution in [0.1, 0.15) is 29.2 Å². The van der Waals surface area contributed by atoms with Crippen molar-refractivity contribution in [3.05, 3.63) is 101 Å². The Morgan fingerprint density at radius 3 is 2.55 bits per heavy atom. The van der Waals surface area contributed by atoms with E-state index in [1.54, 1.807) is 6.08 Å². The van der Waals surface area contributed by atoms with Crippen molar-refractivity contribution in [3.63, 3.8) is 0 Å². The molecule has 0 aromatic heterocycles. The minimum absolute atomic E-state index is 0.405. The third-order valence-corrected chi connectivity index (χ3v) is 4.80. The van der Waals surface area contributed by atoms with Crippen LogP contribution in [0.5, 0.6) is 11.5 Å². The zero-order chi connectivity index (χ0) is 21.6. The van der Waals surface area contributed by atoms with Crippen LogP contribution in [0, 0.1) is 6.92 Å². The number of carbonyl (C=O) groups excluding carboxylic acids is 1. The smallest absolute Gasteiger partial charge is 0.368 e. The van der Waals surface area contributed by atoms with Gasteiger partial charge in [0.1, 0.15) is 12.3 Å². The van der Waals surface area contributed by atoms with Gasteiger partial charge in [0.25, 0.3) is 0 Å². The molecule has 0 bridgehead atoms. The van der Waals surface area contributed by atoms with Crippen LogP contribution in [0.15, 0.2) is 83.5 Å². The summed E-state index contributed by atoms with van der Waals surface area (Å²) in [5.74, 6) is 0.794. The summed E-state index contributed by atoms with van der Waals surface area (Å²) in [4.78, 5) is 17.2. The van der Waals surface area contributed by atoms with Gasteiger partial charge >= 0.3 is 5.97 Å². The number of aryl methyl sites for hydroxylation is 1. The Kier molecular flexibility index (Phi) is 6.13. The fourth-order valence-electron chi connectivity index (χ4n) is 3.35. The van der Waals surface area contributed by atoms with Gasteiger partial charge in [-0.2, -0.15) is 0 Å². The number of benzene rings is 3. The van der Waals surface area contributed by atoms with Crippen LogP contribution in [0.25, 0.3) is 6.08 Å². The molecule has 5 heteroatoms. The van der Waals surface area contributed by atoms with Crippen LogP contribution in [0.2, 0.25) is 0 Å². The highest BCUT2D eigenvalue weighted by atomic mass is 16.7. The lowest BCUT2D eigenvalue weighted by molar-refractivity contribution is -0.136. The molecule has 0 saturated carbocycles. The van der Waals surface area contributed by atoms with E-state index in [-0.39, 0.29) is 0 Å². The van der Waals surface area contributed by atoms with E-state index < -0.39 is 5.97 Å². The molecule has 0 amide bonds. The third-order valence-electron chi connectivity index (χ3n) is 4.80. The second-order valence-electron chi connectivity index (χ2n) is 7.16. The number of rotatable bonds is 7. The Labute approximate surface area is 181 Å². The summed E-state index contributed by atoms with van der Waals surface area (Å²) in [5.41, 5.74) is 4.82. The minimum Gasteiger partial charge on any atom is -0.490 e. The summed E-state index contributed by atoms with van der Waals surface area (Å²) >= 11 is 0. The fourth-order valence-corrected chi connectivity index (χ4v) is 3.35. The first-order valence-electron chi connectivity index (χ1n) is 10.2. The van der Waals surface area contributed by atoms with Crippen LogP contribution >= 0.6 is 0 Å². The van der Waals surface area contributed by atoms with E-state index >= 15 is 0 Å². The molecule has 31 heavy (non-hydrogen) atoms. The first kappa shape index (κ1) is 20.4. The third kappa shape index (κ3) is 4.83. The summed E-state index contributed by atoms with van der Waals surface area (Å²) in [6, 6.07) is 23.3. The first-order chi connectivity index (χ1) is 15.1. The molecule has 0 aliphatic carbocycles. The molecule has 0 fully saturated rings. The van der Waals surface area contributed by atoms with Gasteiger partial charge in [-0.1, -0.05) is 71.4 Å². The van der Waals surface area contributed by atoms with Crippen molar-refractivity contribution in [2.24, 2.45) is 5.16 Å². The number of oxime groups is 1. The van der Waals surface area contributed by atoms with E-state index in [9.17, 15) is 4.79 Å². The first-order valence-corrected chi connectivity index (χ1v) is 10.2. The molecule has 0 unspecified atom stereocenters. The average molecular weight is 413 g/mol. The zero-order valence-corrected chi connectivity index (χ0v) is 17.5. The van der Waals surface area contributed by atoms with Crippen molar-refractivity contribution in [2.45, 2.75) is 20.5 Å². The van der Waals surface area contributed by atoms with E-state index in [1.807, 2.05) is 67.6 Å². The number of carbonyl (C=O) groups is 1. The van der Waals surface area contributed by atoms with Gasteiger partial charge < -0.3 is 14.3 Å². The molecule has 4 rings (SSSR count). The Balaban J connectivity index is 1.59. The van der Waals surface area contributed by atoms with Crippen molar-refractivity contribution in [2.75, 3.05) is 6.61 Å². The number of ether oxygens (including phenoxy) is 2. The highest BCUT2D eigenvalue weighted by Gasteiger charge is 2.26. The lowest BCUT2D eigenvalue weighted by atomic mass is 10.0. The zero-order valence-electron chi connectivity index (χ0n) is 17.5. The molecular weight excluding hydrogens is 390 g/mol. The maximum Gasteiger partial charge on any atom is 0.368 e. The highest BCUT2D eigenvalue weighted by molar-refractivity contribution is 6.31. The molecule has 1 aliphatic rings. The Bertz CT molecular complexity index is 1150. The molecule has 3 aromatic carbocycles. The maximum atomic E-state index is 12.3. The maximum absolute atomic E-state index is 12.3. The summed E-state index contributed by atoms with van der Waals surface area (Å²) < 4.78 is 11.8. The molecule has 5 nitrogen and oxygen atoms in total. The van der Waals surface area contributed by atoms with Gasteiger partial charge in [0.15, 0.2) is 11.5 Å². The van der Waals surface area contributed by atoms with E-state index in [0.717, 1.165) is 16.7 Å². The van der Waals surface area contributed by atoms with Crippen molar-refractivity contribution >= 4 is 17.8 Å². The van der Waals surface area contributed by atoms with E-state index in [0.29, 0.717) is 36.0 Å². The van der Waals surface area contributed by atoms with Gasteiger partial charge in [0, 0.05) is 5.56 Å². The molecule has 156 valence electrons. The van der Waals surface area contributed by atoms with Crippen LogP contribution < -0.4 is 9.47 Å². The lowest BCUT2D eigenvalue weighted by Gasteiger charge is -2.13. The molecule has 3 aromatic rings. The summed E-state index contributed by atoms with van der Waals surface area (Å²) in [7, 11) is 0. The van der Waals surface area contributed by atoms with Crippen LogP contribution in [0.3, 0.4) is 0 Å². The van der Waals surface area contributed by atoms with Gasteiger partial charge in [-0.3, -0.25) is 0 Å².